The largest absolute Gasteiger partial charge is 0.326 e. The summed E-state index contributed by atoms with van der Waals surface area (Å²) in [7, 11) is 4.03. The highest BCUT2D eigenvalue weighted by atomic mass is 35.5. The van der Waals surface area contributed by atoms with Gasteiger partial charge in [-0.05, 0) is 45.6 Å². The van der Waals surface area contributed by atoms with Crippen molar-refractivity contribution in [1.82, 2.24) is 4.90 Å². The van der Waals surface area contributed by atoms with Gasteiger partial charge in [-0.15, -0.1) is 11.6 Å². The Labute approximate surface area is 114 Å². The number of alkyl halides is 1. The summed E-state index contributed by atoms with van der Waals surface area (Å²) in [6.07, 6.45) is 0. The number of carbonyl (C=O) groups is 1. The molecule has 0 unspecified atom stereocenters. The van der Waals surface area contributed by atoms with E-state index in [0.717, 1.165) is 12.2 Å². The molecule has 0 atom stereocenters. The highest BCUT2D eigenvalue weighted by Gasteiger charge is 2.26. The summed E-state index contributed by atoms with van der Waals surface area (Å²) < 4.78 is 0. The predicted octanol–water partition coefficient (Wildman–Crippen LogP) is 2.95. The van der Waals surface area contributed by atoms with Crippen molar-refractivity contribution in [2.45, 2.75) is 20.4 Å². The molecule has 1 aromatic carbocycles. The minimum absolute atomic E-state index is 0.0560. The fraction of sp³-hybridized carbons (Fsp3) is 0.500. The topological polar surface area (TPSA) is 32.3 Å². The van der Waals surface area contributed by atoms with Gasteiger partial charge in [-0.1, -0.05) is 12.1 Å². The second-order valence-corrected chi connectivity index (χ2v) is 5.68. The molecule has 1 N–H and O–H groups in total. The zero-order valence-electron chi connectivity index (χ0n) is 11.5. The molecule has 0 fully saturated rings. The van der Waals surface area contributed by atoms with Gasteiger partial charge in [0.15, 0.2) is 0 Å². The Morgan fingerprint density at radius 3 is 2.61 bits per heavy atom. The maximum Gasteiger partial charge on any atom is 0.231 e. The Morgan fingerprint density at radius 2 is 2.06 bits per heavy atom. The van der Waals surface area contributed by atoms with Gasteiger partial charge in [0.05, 0.1) is 5.41 Å². The van der Waals surface area contributed by atoms with Crippen LogP contribution in [-0.2, 0) is 11.3 Å². The maximum atomic E-state index is 12.0. The van der Waals surface area contributed by atoms with E-state index < -0.39 is 5.41 Å². The van der Waals surface area contributed by atoms with E-state index in [4.69, 9.17) is 11.6 Å². The zero-order valence-corrected chi connectivity index (χ0v) is 12.2. The Kier molecular flexibility index (Phi) is 5.17. The molecule has 0 aliphatic rings. The second-order valence-electron chi connectivity index (χ2n) is 5.41. The van der Waals surface area contributed by atoms with Crippen LogP contribution >= 0.6 is 11.6 Å². The monoisotopic (exact) mass is 268 g/mol. The SMILES string of the molecule is CN(C)Cc1cccc(NC(=O)C(C)(C)CCl)c1. The number of halogens is 1. The first kappa shape index (κ1) is 15.0. The molecule has 0 bridgehead atoms. The van der Waals surface area contributed by atoms with Crippen molar-refractivity contribution < 1.29 is 4.79 Å². The highest BCUT2D eigenvalue weighted by Crippen LogP contribution is 2.20. The van der Waals surface area contributed by atoms with Crippen molar-refractivity contribution in [3.05, 3.63) is 29.8 Å². The molecular formula is C14H21ClN2O. The molecule has 0 aromatic heterocycles. The van der Waals surface area contributed by atoms with Crippen LogP contribution in [0.15, 0.2) is 24.3 Å². The van der Waals surface area contributed by atoms with Crippen molar-refractivity contribution in [2.75, 3.05) is 25.3 Å². The summed E-state index contributed by atoms with van der Waals surface area (Å²) >= 11 is 5.79. The van der Waals surface area contributed by atoms with Gasteiger partial charge >= 0.3 is 0 Å². The van der Waals surface area contributed by atoms with Gasteiger partial charge in [0.1, 0.15) is 0 Å². The van der Waals surface area contributed by atoms with E-state index >= 15 is 0 Å². The number of amides is 1. The van der Waals surface area contributed by atoms with E-state index in [1.807, 2.05) is 52.2 Å². The number of anilines is 1. The second kappa shape index (κ2) is 6.21. The van der Waals surface area contributed by atoms with Crippen LogP contribution in [0, 0.1) is 5.41 Å². The van der Waals surface area contributed by atoms with E-state index in [0.29, 0.717) is 5.88 Å². The molecule has 1 aromatic rings. The minimum Gasteiger partial charge on any atom is -0.326 e. The van der Waals surface area contributed by atoms with Crippen LogP contribution in [0.1, 0.15) is 19.4 Å². The number of benzene rings is 1. The van der Waals surface area contributed by atoms with Gasteiger partial charge in [0, 0.05) is 18.1 Å². The third-order valence-electron chi connectivity index (χ3n) is 2.63. The van der Waals surface area contributed by atoms with Crippen LogP contribution in [-0.4, -0.2) is 30.8 Å². The van der Waals surface area contributed by atoms with Crippen LogP contribution in [0.3, 0.4) is 0 Å². The fourth-order valence-corrected chi connectivity index (χ4v) is 1.59. The highest BCUT2D eigenvalue weighted by molar-refractivity contribution is 6.20. The standard InChI is InChI=1S/C14H21ClN2O/c1-14(2,10-15)13(18)16-12-7-5-6-11(8-12)9-17(3)4/h5-8H,9-10H2,1-4H3,(H,16,18). The summed E-state index contributed by atoms with van der Waals surface area (Å²) in [5, 5.41) is 2.90. The lowest BCUT2D eigenvalue weighted by Crippen LogP contribution is -2.32. The quantitative estimate of drug-likeness (QED) is 0.833. The van der Waals surface area contributed by atoms with E-state index in [1.165, 1.54) is 5.56 Å². The summed E-state index contributed by atoms with van der Waals surface area (Å²) in [6.45, 7) is 4.51. The number of nitrogens with zero attached hydrogens (tertiary/aromatic N) is 1. The van der Waals surface area contributed by atoms with Crippen LogP contribution in [0.4, 0.5) is 5.69 Å². The molecule has 0 aliphatic carbocycles. The van der Waals surface area contributed by atoms with E-state index in [2.05, 4.69) is 10.2 Å². The lowest BCUT2D eigenvalue weighted by molar-refractivity contribution is -0.122. The first-order valence-electron chi connectivity index (χ1n) is 5.96. The van der Waals surface area contributed by atoms with Crippen molar-refractivity contribution in [2.24, 2.45) is 5.41 Å². The minimum atomic E-state index is -0.556. The molecule has 1 amide bonds. The molecule has 1 rings (SSSR count). The van der Waals surface area contributed by atoms with Gasteiger partial charge in [-0.2, -0.15) is 0 Å². The third-order valence-corrected chi connectivity index (χ3v) is 3.30. The lowest BCUT2D eigenvalue weighted by Gasteiger charge is -2.20. The molecule has 0 saturated heterocycles. The van der Waals surface area contributed by atoms with Gasteiger partial charge in [0.25, 0.3) is 0 Å². The number of rotatable bonds is 5. The number of hydrogen-bond acceptors (Lipinski definition) is 2. The van der Waals surface area contributed by atoms with Gasteiger partial charge in [-0.3, -0.25) is 4.79 Å². The summed E-state index contributed by atoms with van der Waals surface area (Å²) in [6, 6.07) is 7.87. The molecule has 0 radical (unpaired) electrons. The Bertz CT molecular complexity index is 416. The Hall–Kier alpha value is -1.06. The normalized spacial score (nSPS) is 11.7. The van der Waals surface area contributed by atoms with Crippen molar-refractivity contribution in [3.63, 3.8) is 0 Å². The van der Waals surface area contributed by atoms with Crippen molar-refractivity contribution in [3.8, 4) is 0 Å². The molecule has 100 valence electrons. The molecule has 0 spiro atoms. The molecule has 0 aliphatic heterocycles. The first-order chi connectivity index (χ1) is 8.35. The molecule has 0 saturated carbocycles. The van der Waals surface area contributed by atoms with Crippen LogP contribution in [0.5, 0.6) is 0 Å². The third kappa shape index (κ3) is 4.31. The average Bonchev–Trinajstić information content (AvgIpc) is 2.28. The molecule has 0 heterocycles. The number of nitrogens with one attached hydrogen (secondary N) is 1. The fourth-order valence-electron chi connectivity index (χ4n) is 1.47. The van der Waals surface area contributed by atoms with E-state index in [9.17, 15) is 4.79 Å². The van der Waals surface area contributed by atoms with E-state index in [1.54, 1.807) is 0 Å². The first-order valence-corrected chi connectivity index (χ1v) is 6.50. The molecule has 4 heteroatoms. The van der Waals surface area contributed by atoms with Crippen LogP contribution in [0.2, 0.25) is 0 Å². The summed E-state index contributed by atoms with van der Waals surface area (Å²) in [5.41, 5.74) is 1.43. The number of carbonyl (C=O) groups excluding carboxylic acids is 1. The van der Waals surface area contributed by atoms with Gasteiger partial charge < -0.3 is 10.2 Å². The summed E-state index contributed by atoms with van der Waals surface area (Å²) in [5.74, 6) is 0.246. The molecule has 3 nitrogen and oxygen atoms in total. The van der Waals surface area contributed by atoms with Gasteiger partial charge in [-0.25, -0.2) is 0 Å². The average molecular weight is 269 g/mol. The predicted molar refractivity (Wildman–Crippen MR) is 77.0 cm³/mol. The van der Waals surface area contributed by atoms with E-state index in [-0.39, 0.29) is 5.91 Å². The smallest absolute Gasteiger partial charge is 0.231 e. The number of hydrogen-bond donors (Lipinski definition) is 1. The molecular weight excluding hydrogens is 248 g/mol. The van der Waals surface area contributed by atoms with Crippen molar-refractivity contribution >= 4 is 23.2 Å². The van der Waals surface area contributed by atoms with Crippen LogP contribution in [0.25, 0.3) is 0 Å². The lowest BCUT2D eigenvalue weighted by atomic mass is 9.95. The Balaban J connectivity index is 2.76. The molecule has 18 heavy (non-hydrogen) atoms. The summed E-state index contributed by atoms with van der Waals surface area (Å²) in [4.78, 5) is 14.1. The van der Waals surface area contributed by atoms with Crippen LogP contribution < -0.4 is 5.32 Å². The maximum absolute atomic E-state index is 12.0. The zero-order chi connectivity index (χ0) is 13.8. The Morgan fingerprint density at radius 1 is 1.39 bits per heavy atom. The van der Waals surface area contributed by atoms with Crippen molar-refractivity contribution in [1.29, 1.82) is 0 Å². The van der Waals surface area contributed by atoms with Gasteiger partial charge in [0.2, 0.25) is 5.91 Å².